The second-order valence-electron chi connectivity index (χ2n) is 1.85. The molecule has 1 aromatic heterocycles. The molecular formula is C6H5FN4. The number of pyridine rings is 1. The van der Waals surface area contributed by atoms with Gasteiger partial charge in [-0.15, -0.1) is 0 Å². The molecule has 0 aromatic carbocycles. The summed E-state index contributed by atoms with van der Waals surface area (Å²) in [7, 11) is 0. The molecule has 4 nitrogen and oxygen atoms in total. The van der Waals surface area contributed by atoms with Gasteiger partial charge in [-0.1, -0.05) is 5.11 Å². The zero-order valence-corrected chi connectivity index (χ0v) is 5.61. The van der Waals surface area contributed by atoms with Crippen molar-refractivity contribution in [3.63, 3.8) is 0 Å². The van der Waals surface area contributed by atoms with Gasteiger partial charge in [-0.05, 0) is 17.7 Å². The second kappa shape index (κ2) is 3.53. The van der Waals surface area contributed by atoms with Gasteiger partial charge in [0.05, 0.1) is 6.54 Å². The molecule has 0 unspecified atom stereocenters. The van der Waals surface area contributed by atoms with Crippen LogP contribution in [-0.4, -0.2) is 4.98 Å². The third-order valence-corrected chi connectivity index (χ3v) is 1.07. The molecule has 11 heavy (non-hydrogen) atoms. The van der Waals surface area contributed by atoms with Crippen LogP contribution in [0.15, 0.2) is 23.4 Å². The monoisotopic (exact) mass is 152 g/mol. The van der Waals surface area contributed by atoms with Crippen LogP contribution in [0.5, 0.6) is 0 Å². The number of halogens is 1. The molecule has 0 bridgehead atoms. The molecule has 0 saturated heterocycles. The molecule has 56 valence electrons. The molecule has 1 heterocycles. The Morgan fingerprint density at radius 2 is 2.55 bits per heavy atom. The van der Waals surface area contributed by atoms with Crippen molar-refractivity contribution in [2.45, 2.75) is 6.54 Å². The molecule has 0 N–H and O–H groups in total. The van der Waals surface area contributed by atoms with Crippen LogP contribution in [0.4, 0.5) is 4.39 Å². The number of azide groups is 1. The van der Waals surface area contributed by atoms with Crippen LogP contribution in [0.1, 0.15) is 5.69 Å². The lowest BCUT2D eigenvalue weighted by Gasteiger charge is -1.92. The lowest BCUT2D eigenvalue weighted by Crippen LogP contribution is -1.86. The maximum absolute atomic E-state index is 12.4. The fourth-order valence-corrected chi connectivity index (χ4v) is 0.639. The normalized spacial score (nSPS) is 8.82. The van der Waals surface area contributed by atoms with E-state index in [9.17, 15) is 4.39 Å². The fourth-order valence-electron chi connectivity index (χ4n) is 0.639. The first-order chi connectivity index (χ1) is 5.33. The quantitative estimate of drug-likeness (QED) is 0.363. The second-order valence-corrected chi connectivity index (χ2v) is 1.85. The van der Waals surface area contributed by atoms with E-state index in [1.165, 1.54) is 18.3 Å². The number of rotatable bonds is 2. The maximum atomic E-state index is 12.4. The van der Waals surface area contributed by atoms with E-state index in [4.69, 9.17) is 5.53 Å². The molecule has 1 aromatic rings. The minimum absolute atomic E-state index is 0.0915. The van der Waals surface area contributed by atoms with Crippen LogP contribution in [0.3, 0.4) is 0 Å². The van der Waals surface area contributed by atoms with Crippen molar-refractivity contribution >= 4 is 0 Å². The molecule has 0 atom stereocenters. The summed E-state index contributed by atoms with van der Waals surface area (Å²) in [6.07, 6.45) is 1.33. The zero-order valence-electron chi connectivity index (χ0n) is 5.61. The molecule has 0 saturated carbocycles. The van der Waals surface area contributed by atoms with Crippen molar-refractivity contribution in [2.75, 3.05) is 0 Å². The minimum Gasteiger partial charge on any atom is -0.261 e. The summed E-state index contributed by atoms with van der Waals surface area (Å²) in [4.78, 5) is 6.30. The molecule has 0 radical (unpaired) electrons. The van der Waals surface area contributed by atoms with Crippen molar-refractivity contribution in [3.8, 4) is 0 Å². The molecular weight excluding hydrogens is 147 g/mol. The van der Waals surface area contributed by atoms with E-state index in [0.29, 0.717) is 5.69 Å². The highest BCUT2D eigenvalue weighted by Crippen LogP contribution is 2.00. The SMILES string of the molecule is [N-]=[N+]=NCc1cc(F)ccn1. The van der Waals surface area contributed by atoms with E-state index in [1.54, 1.807) is 0 Å². The number of nitrogens with zero attached hydrogens (tertiary/aromatic N) is 4. The Morgan fingerprint density at radius 1 is 1.73 bits per heavy atom. The maximum Gasteiger partial charge on any atom is 0.126 e. The summed E-state index contributed by atoms with van der Waals surface area (Å²) in [5, 5.41) is 3.23. The van der Waals surface area contributed by atoms with Gasteiger partial charge in [0.1, 0.15) is 5.82 Å². The van der Waals surface area contributed by atoms with Crippen LogP contribution >= 0.6 is 0 Å². The van der Waals surface area contributed by atoms with Gasteiger partial charge in [-0.3, -0.25) is 4.98 Å². The molecule has 0 amide bonds. The Bertz CT molecular complexity index is 292. The van der Waals surface area contributed by atoms with E-state index in [2.05, 4.69) is 15.0 Å². The van der Waals surface area contributed by atoms with E-state index < -0.39 is 0 Å². The van der Waals surface area contributed by atoms with Crippen LogP contribution in [-0.2, 0) is 6.54 Å². The molecule has 0 aliphatic carbocycles. The fraction of sp³-hybridized carbons (Fsp3) is 0.167. The van der Waals surface area contributed by atoms with Crippen molar-refractivity contribution in [1.29, 1.82) is 0 Å². The van der Waals surface area contributed by atoms with E-state index >= 15 is 0 Å². The third-order valence-electron chi connectivity index (χ3n) is 1.07. The molecule has 0 fully saturated rings. The van der Waals surface area contributed by atoms with Gasteiger partial charge in [0.2, 0.25) is 0 Å². The Hall–Kier alpha value is -1.61. The molecule has 1 rings (SSSR count). The number of hydrogen-bond donors (Lipinski definition) is 0. The van der Waals surface area contributed by atoms with Gasteiger partial charge < -0.3 is 0 Å². The highest BCUT2D eigenvalue weighted by molar-refractivity contribution is 5.05. The van der Waals surface area contributed by atoms with E-state index in [1.807, 2.05) is 0 Å². The minimum atomic E-state index is -0.372. The van der Waals surface area contributed by atoms with Crippen molar-refractivity contribution in [3.05, 3.63) is 40.3 Å². The first kappa shape index (κ1) is 7.50. The molecule has 0 aliphatic rings. The smallest absolute Gasteiger partial charge is 0.126 e. The highest BCUT2D eigenvalue weighted by Gasteiger charge is 1.92. The summed E-state index contributed by atoms with van der Waals surface area (Å²) >= 11 is 0. The third kappa shape index (κ3) is 2.23. The van der Waals surface area contributed by atoms with Crippen LogP contribution in [0.25, 0.3) is 10.4 Å². The standard InChI is InChI=1S/C6H5FN4/c7-5-1-2-9-6(3-5)4-10-11-8/h1-3H,4H2. The first-order valence-corrected chi connectivity index (χ1v) is 2.94. The summed E-state index contributed by atoms with van der Waals surface area (Å²) in [6.45, 7) is 0.0915. The summed E-state index contributed by atoms with van der Waals surface area (Å²) in [5.41, 5.74) is 8.37. The average Bonchev–Trinajstić information content (AvgIpc) is 2.01. The Kier molecular flexibility index (Phi) is 2.41. The van der Waals surface area contributed by atoms with Gasteiger partial charge in [-0.2, -0.15) is 0 Å². The van der Waals surface area contributed by atoms with Gasteiger partial charge in [0.25, 0.3) is 0 Å². The molecule has 0 aliphatic heterocycles. The molecule has 0 spiro atoms. The zero-order chi connectivity index (χ0) is 8.10. The summed E-state index contributed by atoms with van der Waals surface area (Å²) in [5.74, 6) is -0.372. The Labute approximate surface area is 62.3 Å². The Balaban J connectivity index is 2.79. The van der Waals surface area contributed by atoms with E-state index in [0.717, 1.165) is 0 Å². The van der Waals surface area contributed by atoms with Crippen molar-refractivity contribution < 1.29 is 4.39 Å². The highest BCUT2D eigenvalue weighted by atomic mass is 19.1. The largest absolute Gasteiger partial charge is 0.261 e. The van der Waals surface area contributed by atoms with Crippen molar-refractivity contribution in [1.82, 2.24) is 4.98 Å². The van der Waals surface area contributed by atoms with Crippen LogP contribution < -0.4 is 0 Å². The van der Waals surface area contributed by atoms with Gasteiger partial charge in [0, 0.05) is 16.8 Å². The van der Waals surface area contributed by atoms with Crippen molar-refractivity contribution in [2.24, 2.45) is 5.11 Å². The van der Waals surface area contributed by atoms with Crippen LogP contribution in [0.2, 0.25) is 0 Å². The summed E-state index contributed by atoms with van der Waals surface area (Å²) < 4.78 is 12.4. The van der Waals surface area contributed by atoms with Gasteiger partial charge >= 0.3 is 0 Å². The first-order valence-electron chi connectivity index (χ1n) is 2.94. The predicted octanol–water partition coefficient (Wildman–Crippen LogP) is 2.03. The predicted molar refractivity (Wildman–Crippen MR) is 37.0 cm³/mol. The number of hydrogen-bond acceptors (Lipinski definition) is 2. The summed E-state index contributed by atoms with van der Waals surface area (Å²) in [6, 6.07) is 2.47. The van der Waals surface area contributed by atoms with E-state index in [-0.39, 0.29) is 12.4 Å². The van der Waals surface area contributed by atoms with Gasteiger partial charge in [0.15, 0.2) is 0 Å². The number of aromatic nitrogens is 1. The van der Waals surface area contributed by atoms with Gasteiger partial charge in [-0.25, -0.2) is 4.39 Å². The topological polar surface area (TPSA) is 61.7 Å². The lowest BCUT2D eigenvalue weighted by atomic mass is 10.3. The lowest BCUT2D eigenvalue weighted by molar-refractivity contribution is 0.622. The average molecular weight is 152 g/mol. The molecule has 5 heteroatoms. The Morgan fingerprint density at radius 3 is 3.18 bits per heavy atom. The van der Waals surface area contributed by atoms with Crippen LogP contribution in [0, 0.1) is 5.82 Å².